The Kier molecular flexibility index (Phi) is 8.42. The molecule has 7 atom stereocenters. The lowest BCUT2D eigenvalue weighted by atomic mass is 9.57. The lowest BCUT2D eigenvalue weighted by molar-refractivity contribution is -0.159. The van der Waals surface area contributed by atoms with Crippen molar-refractivity contribution >= 4 is 17.7 Å². The first kappa shape index (κ1) is 25.7. The maximum atomic E-state index is 11.8. The minimum Gasteiger partial charge on any atom is -0.458 e. The molecule has 0 radical (unpaired) electrons. The molecule has 1 saturated carbocycles. The van der Waals surface area contributed by atoms with E-state index in [2.05, 4.69) is 48.9 Å². The summed E-state index contributed by atoms with van der Waals surface area (Å²) in [4.78, 5) is 18.7. The highest BCUT2D eigenvalue weighted by Crippen LogP contribution is 2.51. The van der Waals surface area contributed by atoms with E-state index in [9.17, 15) is 9.90 Å². The maximum Gasteiger partial charge on any atom is 0.303 e. The van der Waals surface area contributed by atoms with Crippen LogP contribution in [0.1, 0.15) is 59.8 Å². The molecule has 1 aliphatic heterocycles. The van der Waals surface area contributed by atoms with Crippen LogP contribution in [-0.4, -0.2) is 58.1 Å². The molecule has 0 aromatic carbocycles. The smallest absolute Gasteiger partial charge is 0.303 e. The summed E-state index contributed by atoms with van der Waals surface area (Å²) >= 11 is 1.88. The van der Waals surface area contributed by atoms with Gasteiger partial charge in [0.15, 0.2) is 0 Å². The number of piperidine rings is 1. The van der Waals surface area contributed by atoms with E-state index >= 15 is 0 Å². The number of nitrogens with zero attached hydrogens (tertiary/aromatic N) is 2. The predicted octanol–water partition coefficient (Wildman–Crippen LogP) is 5.20. The molecule has 5 nitrogen and oxygen atoms in total. The first-order valence-electron chi connectivity index (χ1n) is 13.1. The Morgan fingerprint density at radius 1 is 1.35 bits per heavy atom. The molecule has 0 bridgehead atoms. The summed E-state index contributed by atoms with van der Waals surface area (Å²) in [5, 5.41) is 13.0. The van der Waals surface area contributed by atoms with Crippen LogP contribution < -0.4 is 0 Å². The Labute approximate surface area is 209 Å². The number of esters is 1. The van der Waals surface area contributed by atoms with Gasteiger partial charge in [-0.3, -0.25) is 4.79 Å². The second-order valence-corrected chi connectivity index (χ2v) is 12.1. The van der Waals surface area contributed by atoms with Crippen LogP contribution in [0, 0.1) is 29.6 Å². The van der Waals surface area contributed by atoms with Crippen molar-refractivity contribution in [2.75, 3.05) is 25.4 Å². The topological polar surface area (TPSA) is 62.7 Å². The highest BCUT2D eigenvalue weighted by Gasteiger charge is 2.52. The number of ether oxygens (including phenoxy) is 1. The summed E-state index contributed by atoms with van der Waals surface area (Å²) in [6.07, 6.45) is 9.10. The van der Waals surface area contributed by atoms with Gasteiger partial charge in [0.1, 0.15) is 6.10 Å². The van der Waals surface area contributed by atoms with E-state index in [0.717, 1.165) is 42.3 Å². The first-order valence-corrected chi connectivity index (χ1v) is 14.1. The Hall–Kier alpha value is -1.37. The second-order valence-electron chi connectivity index (χ2n) is 11.1. The van der Waals surface area contributed by atoms with Gasteiger partial charge >= 0.3 is 5.97 Å². The third kappa shape index (κ3) is 5.88. The average Bonchev–Trinajstić information content (AvgIpc) is 2.80. The Morgan fingerprint density at radius 3 is 2.91 bits per heavy atom. The van der Waals surface area contributed by atoms with E-state index in [1.807, 2.05) is 24.0 Å². The summed E-state index contributed by atoms with van der Waals surface area (Å²) < 4.78 is 5.57. The number of carbonyl (C=O) groups excluding carboxylic acids is 1. The highest BCUT2D eigenvalue weighted by atomic mass is 32.2. The SMILES string of the molecule is CC(=O)O[C@@H]1C[C@@]2(O)[C@H](C)CC[C@@H](C(C)CN3CCCC(CSc4ccccn4)C3)[C@H]2C=C1C. The molecular weight excluding hydrogens is 444 g/mol. The van der Waals surface area contributed by atoms with E-state index in [0.29, 0.717) is 24.2 Å². The molecule has 3 aliphatic rings. The van der Waals surface area contributed by atoms with Crippen molar-refractivity contribution in [2.45, 2.75) is 76.5 Å². The van der Waals surface area contributed by atoms with Crippen LogP contribution in [0.15, 0.2) is 41.1 Å². The van der Waals surface area contributed by atoms with E-state index in [1.165, 1.54) is 26.3 Å². The molecule has 2 heterocycles. The van der Waals surface area contributed by atoms with Gasteiger partial charge in [0, 0.05) is 44.3 Å². The molecule has 2 aliphatic carbocycles. The molecule has 2 unspecified atom stereocenters. The van der Waals surface area contributed by atoms with Crippen molar-refractivity contribution in [3.05, 3.63) is 36.0 Å². The van der Waals surface area contributed by atoms with Gasteiger partial charge in [-0.1, -0.05) is 26.0 Å². The zero-order valence-corrected chi connectivity index (χ0v) is 22.1. The maximum absolute atomic E-state index is 11.8. The minimum atomic E-state index is -0.791. The van der Waals surface area contributed by atoms with Gasteiger partial charge in [-0.15, -0.1) is 11.8 Å². The molecular formula is C28H42N2O3S. The van der Waals surface area contributed by atoms with Crippen molar-refractivity contribution in [1.29, 1.82) is 0 Å². The monoisotopic (exact) mass is 486 g/mol. The molecule has 1 saturated heterocycles. The van der Waals surface area contributed by atoms with Gasteiger partial charge in [0.2, 0.25) is 0 Å². The summed E-state index contributed by atoms with van der Waals surface area (Å²) in [5.41, 5.74) is 0.307. The average molecular weight is 487 g/mol. The molecule has 0 spiro atoms. The fourth-order valence-corrected chi connectivity index (χ4v) is 7.62. The highest BCUT2D eigenvalue weighted by molar-refractivity contribution is 7.99. The van der Waals surface area contributed by atoms with Crippen LogP contribution >= 0.6 is 11.8 Å². The molecule has 188 valence electrons. The number of likely N-dealkylation sites (tertiary alicyclic amines) is 1. The summed E-state index contributed by atoms with van der Waals surface area (Å²) in [7, 11) is 0. The van der Waals surface area contributed by atoms with E-state index in [-0.39, 0.29) is 23.9 Å². The third-order valence-corrected chi connectivity index (χ3v) is 9.76. The van der Waals surface area contributed by atoms with Crippen LogP contribution in [0.2, 0.25) is 0 Å². The summed E-state index contributed by atoms with van der Waals surface area (Å²) in [5.74, 6) is 2.89. The second kappa shape index (κ2) is 11.1. The van der Waals surface area contributed by atoms with Crippen LogP contribution in [0.5, 0.6) is 0 Å². The quantitative estimate of drug-likeness (QED) is 0.325. The number of pyridine rings is 1. The number of hydrogen-bond acceptors (Lipinski definition) is 6. The molecule has 1 aromatic heterocycles. The largest absolute Gasteiger partial charge is 0.458 e. The van der Waals surface area contributed by atoms with Crippen molar-refractivity contribution in [2.24, 2.45) is 29.6 Å². The van der Waals surface area contributed by atoms with E-state index < -0.39 is 5.60 Å². The zero-order chi connectivity index (χ0) is 24.3. The molecule has 34 heavy (non-hydrogen) atoms. The van der Waals surface area contributed by atoms with Gasteiger partial charge in [-0.25, -0.2) is 4.98 Å². The number of rotatable bonds is 7. The van der Waals surface area contributed by atoms with Crippen molar-refractivity contribution in [1.82, 2.24) is 9.88 Å². The van der Waals surface area contributed by atoms with Gasteiger partial charge in [-0.05, 0) is 80.5 Å². The Morgan fingerprint density at radius 2 is 2.18 bits per heavy atom. The zero-order valence-electron chi connectivity index (χ0n) is 21.3. The van der Waals surface area contributed by atoms with Crippen molar-refractivity contribution in [3.8, 4) is 0 Å². The number of fused-ring (bicyclic) bond motifs is 1. The molecule has 1 aromatic rings. The van der Waals surface area contributed by atoms with Crippen molar-refractivity contribution in [3.63, 3.8) is 0 Å². The van der Waals surface area contributed by atoms with Crippen LogP contribution in [-0.2, 0) is 9.53 Å². The van der Waals surface area contributed by atoms with Crippen LogP contribution in [0.25, 0.3) is 0 Å². The number of aliphatic hydroxyl groups is 1. The molecule has 6 heteroatoms. The van der Waals surface area contributed by atoms with Crippen LogP contribution in [0.4, 0.5) is 0 Å². The lowest BCUT2D eigenvalue weighted by Crippen LogP contribution is -2.56. The standard InChI is InChI=1S/C28H42N2O3S/c1-19-14-25-24(11-10-21(3)28(25,32)15-26(19)33-22(4)31)20(2)16-30-13-7-8-23(17-30)18-34-27-9-5-6-12-29-27/h5-6,9,12,14,20-21,23-26,32H,7-8,10-11,13,15-18H2,1-4H3/t20?,21-,23?,24+,25-,26-,28-/m1/s1. The molecule has 1 N–H and O–H groups in total. The fraction of sp³-hybridized carbons (Fsp3) is 0.714. The van der Waals surface area contributed by atoms with Gasteiger partial charge < -0.3 is 14.7 Å². The number of aromatic nitrogens is 1. The summed E-state index contributed by atoms with van der Waals surface area (Å²) in [6.45, 7) is 11.5. The Bertz CT molecular complexity index is 862. The molecule has 0 amide bonds. The predicted molar refractivity (Wildman–Crippen MR) is 138 cm³/mol. The van der Waals surface area contributed by atoms with Crippen LogP contribution in [0.3, 0.4) is 0 Å². The number of carbonyl (C=O) groups is 1. The third-order valence-electron chi connectivity index (χ3n) is 8.58. The molecule has 2 fully saturated rings. The fourth-order valence-electron chi connectivity index (χ4n) is 6.63. The normalized spacial score (nSPS) is 35.2. The minimum absolute atomic E-state index is 0.137. The Balaban J connectivity index is 1.38. The summed E-state index contributed by atoms with van der Waals surface area (Å²) in [6, 6.07) is 6.14. The number of thioether (sulfide) groups is 1. The van der Waals surface area contributed by atoms with Gasteiger partial charge in [0.05, 0.1) is 10.6 Å². The number of hydrogen-bond donors (Lipinski definition) is 1. The van der Waals surface area contributed by atoms with E-state index in [4.69, 9.17) is 4.74 Å². The van der Waals surface area contributed by atoms with Gasteiger partial charge in [0.25, 0.3) is 0 Å². The molecule has 4 rings (SSSR count). The van der Waals surface area contributed by atoms with E-state index in [1.54, 1.807) is 0 Å². The lowest BCUT2D eigenvalue weighted by Gasteiger charge is -2.53. The first-order chi connectivity index (χ1) is 16.3. The van der Waals surface area contributed by atoms with Crippen molar-refractivity contribution < 1.29 is 14.6 Å². The van der Waals surface area contributed by atoms with Gasteiger partial charge in [-0.2, -0.15) is 0 Å².